The summed E-state index contributed by atoms with van der Waals surface area (Å²) in [7, 11) is 0. The standard InChI is InChI=1S/C26H34N2O2/c1-3-24(26(30)27-23-15-9-10-16-23)28(19-22-14-8-7-11-20(22)2)25(29)18-17-21-12-5-4-6-13-21/h4-8,11-14,23-24H,3,9-10,15-19H2,1-2H3,(H,27,30). The minimum absolute atomic E-state index is 0.00829. The summed E-state index contributed by atoms with van der Waals surface area (Å²) in [6.45, 7) is 4.52. The Balaban J connectivity index is 1.76. The van der Waals surface area contributed by atoms with Crippen LogP contribution in [0.15, 0.2) is 54.6 Å². The maximum atomic E-state index is 13.3. The van der Waals surface area contributed by atoms with Crippen LogP contribution in [-0.4, -0.2) is 28.8 Å². The lowest BCUT2D eigenvalue weighted by Crippen LogP contribution is -2.51. The van der Waals surface area contributed by atoms with Crippen molar-refractivity contribution in [1.29, 1.82) is 0 Å². The Morgan fingerprint density at radius 2 is 1.70 bits per heavy atom. The minimum atomic E-state index is -0.437. The van der Waals surface area contributed by atoms with Crippen LogP contribution in [0.1, 0.15) is 62.1 Å². The second kappa shape index (κ2) is 11.0. The summed E-state index contributed by atoms with van der Waals surface area (Å²) in [6, 6.07) is 18.0. The van der Waals surface area contributed by atoms with E-state index in [1.165, 1.54) is 12.8 Å². The van der Waals surface area contributed by atoms with E-state index in [4.69, 9.17) is 0 Å². The molecule has 1 unspecified atom stereocenters. The van der Waals surface area contributed by atoms with Gasteiger partial charge in [0.2, 0.25) is 11.8 Å². The largest absolute Gasteiger partial charge is 0.352 e. The van der Waals surface area contributed by atoms with E-state index >= 15 is 0 Å². The summed E-state index contributed by atoms with van der Waals surface area (Å²) in [5.74, 6) is 0.0292. The van der Waals surface area contributed by atoms with Crippen molar-refractivity contribution in [3.05, 3.63) is 71.3 Å². The molecule has 2 aromatic carbocycles. The van der Waals surface area contributed by atoms with Gasteiger partial charge in [0.15, 0.2) is 0 Å². The van der Waals surface area contributed by atoms with E-state index in [1.807, 2.05) is 49.4 Å². The molecular weight excluding hydrogens is 372 g/mol. The van der Waals surface area contributed by atoms with Gasteiger partial charge in [-0.2, -0.15) is 0 Å². The average Bonchev–Trinajstić information content (AvgIpc) is 3.27. The van der Waals surface area contributed by atoms with E-state index in [0.717, 1.165) is 29.5 Å². The van der Waals surface area contributed by atoms with Crippen LogP contribution in [0.25, 0.3) is 0 Å². The number of nitrogens with one attached hydrogen (secondary N) is 1. The Morgan fingerprint density at radius 3 is 2.37 bits per heavy atom. The number of hydrogen-bond acceptors (Lipinski definition) is 2. The van der Waals surface area contributed by atoms with E-state index in [0.29, 0.717) is 25.8 Å². The first-order valence-electron chi connectivity index (χ1n) is 11.3. The zero-order valence-electron chi connectivity index (χ0n) is 18.3. The molecule has 1 saturated carbocycles. The highest BCUT2D eigenvalue weighted by molar-refractivity contribution is 5.88. The van der Waals surface area contributed by atoms with Crippen molar-refractivity contribution in [2.45, 2.75) is 77.4 Å². The molecule has 1 aliphatic rings. The number of amides is 2. The van der Waals surface area contributed by atoms with Gasteiger partial charge in [-0.25, -0.2) is 0 Å². The molecule has 3 rings (SSSR count). The van der Waals surface area contributed by atoms with Crippen molar-refractivity contribution in [2.24, 2.45) is 0 Å². The number of carbonyl (C=O) groups is 2. The van der Waals surface area contributed by atoms with Crippen molar-refractivity contribution in [3.63, 3.8) is 0 Å². The third kappa shape index (κ3) is 5.94. The first kappa shape index (κ1) is 22.1. The normalized spacial score (nSPS) is 15.0. The molecule has 1 fully saturated rings. The van der Waals surface area contributed by atoms with E-state index in [1.54, 1.807) is 4.90 Å². The molecule has 4 heteroatoms. The van der Waals surface area contributed by atoms with Gasteiger partial charge in [-0.15, -0.1) is 0 Å². The molecule has 0 saturated heterocycles. The summed E-state index contributed by atoms with van der Waals surface area (Å²) in [5.41, 5.74) is 3.38. The van der Waals surface area contributed by atoms with Crippen LogP contribution in [-0.2, 0) is 22.6 Å². The highest BCUT2D eigenvalue weighted by Gasteiger charge is 2.30. The highest BCUT2D eigenvalue weighted by Crippen LogP contribution is 2.20. The Hall–Kier alpha value is -2.62. The van der Waals surface area contributed by atoms with E-state index < -0.39 is 6.04 Å². The molecular formula is C26H34N2O2. The SMILES string of the molecule is CCC(C(=O)NC1CCCC1)N(Cc1ccccc1C)C(=O)CCc1ccccc1. The number of carbonyl (C=O) groups excluding carboxylic acids is 2. The number of hydrogen-bond donors (Lipinski definition) is 1. The Kier molecular flexibility index (Phi) is 8.06. The van der Waals surface area contributed by atoms with Crippen LogP contribution in [0.3, 0.4) is 0 Å². The summed E-state index contributed by atoms with van der Waals surface area (Å²) in [4.78, 5) is 28.2. The lowest BCUT2D eigenvalue weighted by atomic mass is 10.0. The molecule has 0 radical (unpaired) electrons. The second-order valence-electron chi connectivity index (χ2n) is 8.35. The zero-order valence-corrected chi connectivity index (χ0v) is 18.3. The van der Waals surface area contributed by atoms with Gasteiger partial charge in [0.05, 0.1) is 0 Å². The van der Waals surface area contributed by atoms with E-state index in [9.17, 15) is 9.59 Å². The van der Waals surface area contributed by atoms with E-state index in [2.05, 4.69) is 24.4 Å². The zero-order chi connectivity index (χ0) is 21.3. The fourth-order valence-electron chi connectivity index (χ4n) is 4.30. The fourth-order valence-corrected chi connectivity index (χ4v) is 4.30. The lowest BCUT2D eigenvalue weighted by Gasteiger charge is -2.32. The molecule has 30 heavy (non-hydrogen) atoms. The van der Waals surface area contributed by atoms with Crippen LogP contribution in [0.5, 0.6) is 0 Å². The first-order chi connectivity index (χ1) is 14.6. The third-order valence-corrected chi connectivity index (χ3v) is 6.16. The van der Waals surface area contributed by atoms with Crippen LogP contribution in [0.2, 0.25) is 0 Å². The molecule has 0 spiro atoms. The van der Waals surface area contributed by atoms with E-state index in [-0.39, 0.29) is 17.9 Å². The summed E-state index contributed by atoms with van der Waals surface area (Å²) in [5, 5.41) is 3.21. The van der Waals surface area contributed by atoms with Crippen molar-refractivity contribution in [2.75, 3.05) is 0 Å². The monoisotopic (exact) mass is 406 g/mol. The van der Waals surface area contributed by atoms with Gasteiger partial charge >= 0.3 is 0 Å². The maximum Gasteiger partial charge on any atom is 0.243 e. The molecule has 4 nitrogen and oxygen atoms in total. The molecule has 160 valence electrons. The summed E-state index contributed by atoms with van der Waals surface area (Å²) < 4.78 is 0. The first-order valence-corrected chi connectivity index (χ1v) is 11.3. The van der Waals surface area contributed by atoms with Crippen molar-refractivity contribution in [3.8, 4) is 0 Å². The fraction of sp³-hybridized carbons (Fsp3) is 0.462. The van der Waals surface area contributed by atoms with Crippen molar-refractivity contribution < 1.29 is 9.59 Å². The molecule has 2 aromatic rings. The molecule has 0 bridgehead atoms. The Labute approximate surface area is 180 Å². The van der Waals surface area contributed by atoms with Crippen molar-refractivity contribution >= 4 is 11.8 Å². The van der Waals surface area contributed by atoms with Crippen molar-refractivity contribution in [1.82, 2.24) is 10.2 Å². The quantitative estimate of drug-likeness (QED) is 0.651. The molecule has 1 aliphatic carbocycles. The van der Waals surface area contributed by atoms with Gasteiger partial charge in [0.25, 0.3) is 0 Å². The van der Waals surface area contributed by atoms with Gasteiger partial charge in [-0.05, 0) is 49.3 Å². The highest BCUT2D eigenvalue weighted by atomic mass is 16.2. The Bertz CT molecular complexity index is 828. The number of nitrogens with zero attached hydrogens (tertiary/aromatic N) is 1. The minimum Gasteiger partial charge on any atom is -0.352 e. The number of benzene rings is 2. The molecule has 0 aliphatic heterocycles. The Morgan fingerprint density at radius 1 is 1.03 bits per heavy atom. The number of rotatable bonds is 9. The van der Waals surface area contributed by atoms with Crippen LogP contribution in [0, 0.1) is 6.92 Å². The predicted octanol–water partition coefficient (Wildman–Crippen LogP) is 4.79. The lowest BCUT2D eigenvalue weighted by molar-refractivity contribution is -0.141. The average molecular weight is 407 g/mol. The molecule has 2 amide bonds. The summed E-state index contributed by atoms with van der Waals surface area (Å²) >= 11 is 0. The molecule has 0 aromatic heterocycles. The second-order valence-corrected chi connectivity index (χ2v) is 8.35. The molecule has 0 heterocycles. The molecule has 1 N–H and O–H groups in total. The topological polar surface area (TPSA) is 49.4 Å². The third-order valence-electron chi connectivity index (χ3n) is 6.16. The van der Waals surface area contributed by atoms with Crippen LogP contribution < -0.4 is 5.32 Å². The van der Waals surface area contributed by atoms with Gasteiger partial charge in [-0.1, -0.05) is 74.4 Å². The summed E-state index contributed by atoms with van der Waals surface area (Å²) in [6.07, 6.45) is 6.13. The van der Waals surface area contributed by atoms with Gasteiger partial charge in [-0.3, -0.25) is 9.59 Å². The van der Waals surface area contributed by atoms with Gasteiger partial charge in [0.1, 0.15) is 6.04 Å². The predicted molar refractivity (Wildman–Crippen MR) is 121 cm³/mol. The molecule has 1 atom stereocenters. The van der Waals surface area contributed by atoms with Crippen LogP contribution in [0.4, 0.5) is 0 Å². The van der Waals surface area contributed by atoms with Gasteiger partial charge in [0, 0.05) is 19.0 Å². The smallest absolute Gasteiger partial charge is 0.243 e. The van der Waals surface area contributed by atoms with Crippen LogP contribution >= 0.6 is 0 Å². The van der Waals surface area contributed by atoms with Gasteiger partial charge < -0.3 is 10.2 Å². The maximum absolute atomic E-state index is 13.3. The number of aryl methyl sites for hydroxylation is 2.